The molecule has 1 saturated heterocycles. The summed E-state index contributed by atoms with van der Waals surface area (Å²) in [6.07, 6.45) is 1.66. The number of nitrogens with zero attached hydrogens (tertiary/aromatic N) is 6. The third-order valence-corrected chi connectivity index (χ3v) is 7.95. The summed E-state index contributed by atoms with van der Waals surface area (Å²) in [5, 5.41) is 7.16. The van der Waals surface area contributed by atoms with Crippen LogP contribution in [0.2, 0.25) is 0 Å². The molecule has 1 aliphatic heterocycles. The zero-order valence-electron chi connectivity index (χ0n) is 17.6. The van der Waals surface area contributed by atoms with Gasteiger partial charge in [-0.1, -0.05) is 6.07 Å². The Morgan fingerprint density at radius 1 is 1.10 bits per heavy atom. The lowest BCUT2D eigenvalue weighted by Gasteiger charge is -2.36. The van der Waals surface area contributed by atoms with E-state index in [0.29, 0.717) is 43.0 Å². The van der Waals surface area contributed by atoms with Gasteiger partial charge in [0.25, 0.3) is 0 Å². The van der Waals surface area contributed by atoms with E-state index in [0.717, 1.165) is 11.7 Å². The number of carbonyl (C=O) groups is 1. The Hall–Kier alpha value is -2.41. The van der Waals surface area contributed by atoms with Gasteiger partial charge >= 0.3 is 0 Å². The number of fused-ring (bicyclic) bond motifs is 1. The molecule has 0 saturated carbocycles. The van der Waals surface area contributed by atoms with Crippen molar-refractivity contribution in [3.8, 4) is 0 Å². The third kappa shape index (κ3) is 4.20. The van der Waals surface area contributed by atoms with E-state index in [-0.39, 0.29) is 16.8 Å². The maximum atomic E-state index is 13.2. The third-order valence-electron chi connectivity index (χ3n) is 5.48. The standard InChI is InChI=1S/C19H25N7O3S2/c1-13(2)26-17(7-8-20-26)21-19(27)14(3)24-9-11-25(12-10-24)31(28,29)16-6-4-5-15-18(16)23-30-22-15/h4-8,13-14H,9-12H2,1-3H3,(H,21,27)/t14-/m1/s1. The highest BCUT2D eigenvalue weighted by Gasteiger charge is 2.33. The quantitative estimate of drug-likeness (QED) is 0.593. The fourth-order valence-electron chi connectivity index (χ4n) is 3.68. The van der Waals surface area contributed by atoms with Crippen molar-refractivity contribution in [2.75, 3.05) is 31.5 Å². The van der Waals surface area contributed by atoms with Gasteiger partial charge < -0.3 is 5.32 Å². The van der Waals surface area contributed by atoms with E-state index in [1.165, 1.54) is 4.31 Å². The molecule has 166 valence electrons. The summed E-state index contributed by atoms with van der Waals surface area (Å²) in [5.74, 6) is 0.509. The largest absolute Gasteiger partial charge is 0.310 e. The minimum absolute atomic E-state index is 0.131. The monoisotopic (exact) mass is 463 g/mol. The summed E-state index contributed by atoms with van der Waals surface area (Å²) in [6, 6.07) is 6.50. The summed E-state index contributed by atoms with van der Waals surface area (Å²) >= 11 is 0.999. The molecule has 4 rings (SSSR count). The molecule has 1 N–H and O–H groups in total. The molecule has 0 aliphatic carbocycles. The van der Waals surface area contributed by atoms with E-state index in [9.17, 15) is 13.2 Å². The zero-order chi connectivity index (χ0) is 22.2. The highest BCUT2D eigenvalue weighted by molar-refractivity contribution is 7.89. The van der Waals surface area contributed by atoms with Crippen molar-refractivity contribution in [1.82, 2.24) is 27.7 Å². The lowest BCUT2D eigenvalue weighted by Crippen LogP contribution is -2.54. The SMILES string of the molecule is CC(C)n1nccc1NC(=O)[C@@H](C)N1CCN(S(=O)(=O)c2cccc3nsnc23)CC1. The highest BCUT2D eigenvalue weighted by atomic mass is 32.2. The van der Waals surface area contributed by atoms with Crippen LogP contribution in [0.25, 0.3) is 11.0 Å². The van der Waals surface area contributed by atoms with E-state index in [4.69, 9.17) is 0 Å². The number of rotatable bonds is 6. The number of anilines is 1. The molecule has 3 heterocycles. The molecule has 0 radical (unpaired) electrons. The molecule has 31 heavy (non-hydrogen) atoms. The van der Waals surface area contributed by atoms with Crippen molar-refractivity contribution >= 4 is 44.5 Å². The highest BCUT2D eigenvalue weighted by Crippen LogP contribution is 2.25. The van der Waals surface area contributed by atoms with Crippen LogP contribution in [0.5, 0.6) is 0 Å². The van der Waals surface area contributed by atoms with Crippen LogP contribution in [-0.2, 0) is 14.8 Å². The molecule has 0 unspecified atom stereocenters. The number of hydrogen-bond donors (Lipinski definition) is 1. The lowest BCUT2D eigenvalue weighted by atomic mass is 10.2. The Bertz CT molecular complexity index is 1180. The smallest absolute Gasteiger partial charge is 0.245 e. The van der Waals surface area contributed by atoms with Crippen molar-refractivity contribution in [3.05, 3.63) is 30.5 Å². The van der Waals surface area contributed by atoms with Gasteiger partial charge in [0.2, 0.25) is 15.9 Å². The summed E-state index contributed by atoms with van der Waals surface area (Å²) < 4.78 is 37.8. The van der Waals surface area contributed by atoms with E-state index >= 15 is 0 Å². The fourth-order valence-corrected chi connectivity index (χ4v) is 5.86. The molecular weight excluding hydrogens is 438 g/mol. The van der Waals surface area contributed by atoms with Gasteiger partial charge in [-0.25, -0.2) is 13.1 Å². The van der Waals surface area contributed by atoms with Gasteiger partial charge in [-0.05, 0) is 32.9 Å². The Morgan fingerprint density at radius 2 is 1.84 bits per heavy atom. The number of carbonyl (C=O) groups excluding carboxylic acids is 1. The molecule has 0 bridgehead atoms. The first kappa shape index (κ1) is 21.8. The Kier molecular flexibility index (Phi) is 6.06. The summed E-state index contributed by atoms with van der Waals surface area (Å²) in [5.41, 5.74) is 0.986. The van der Waals surface area contributed by atoms with E-state index in [2.05, 4.69) is 19.2 Å². The Labute approximate surface area is 185 Å². The van der Waals surface area contributed by atoms with Gasteiger partial charge in [0, 0.05) is 38.3 Å². The molecular formula is C19H25N7O3S2. The van der Waals surface area contributed by atoms with Crippen LogP contribution in [0, 0.1) is 0 Å². The summed E-state index contributed by atoms with van der Waals surface area (Å²) in [4.78, 5) is 14.9. The predicted octanol–water partition coefficient (Wildman–Crippen LogP) is 1.80. The number of amides is 1. The van der Waals surface area contributed by atoms with Crippen LogP contribution in [-0.4, -0.2) is 74.3 Å². The number of nitrogens with one attached hydrogen (secondary N) is 1. The van der Waals surface area contributed by atoms with Gasteiger partial charge in [0.05, 0.1) is 24.0 Å². The molecule has 10 nitrogen and oxygen atoms in total. The van der Waals surface area contributed by atoms with Crippen LogP contribution in [0.1, 0.15) is 26.8 Å². The number of piperazine rings is 1. The van der Waals surface area contributed by atoms with Gasteiger partial charge in [-0.2, -0.15) is 18.2 Å². The van der Waals surface area contributed by atoms with Crippen molar-refractivity contribution < 1.29 is 13.2 Å². The first-order valence-electron chi connectivity index (χ1n) is 10.1. The van der Waals surface area contributed by atoms with Crippen molar-refractivity contribution in [1.29, 1.82) is 0 Å². The Balaban J connectivity index is 1.41. The molecule has 1 fully saturated rings. The average Bonchev–Trinajstić information content (AvgIpc) is 3.42. The van der Waals surface area contributed by atoms with Gasteiger partial charge in [0.1, 0.15) is 21.7 Å². The topological polar surface area (TPSA) is 113 Å². The number of hydrogen-bond acceptors (Lipinski definition) is 8. The Morgan fingerprint density at radius 3 is 2.55 bits per heavy atom. The predicted molar refractivity (Wildman–Crippen MR) is 118 cm³/mol. The normalized spacial score (nSPS) is 17.3. The molecule has 0 spiro atoms. The molecule has 1 amide bonds. The van der Waals surface area contributed by atoms with Crippen LogP contribution >= 0.6 is 11.7 Å². The van der Waals surface area contributed by atoms with Gasteiger partial charge in [-0.3, -0.25) is 9.69 Å². The second kappa shape index (κ2) is 8.61. The van der Waals surface area contributed by atoms with Gasteiger partial charge in [0.15, 0.2) is 0 Å². The molecule has 1 aliphatic rings. The molecule has 1 aromatic carbocycles. The van der Waals surface area contributed by atoms with Crippen LogP contribution < -0.4 is 5.32 Å². The van der Waals surface area contributed by atoms with Crippen LogP contribution in [0.4, 0.5) is 5.82 Å². The number of aromatic nitrogens is 4. The second-order valence-electron chi connectivity index (χ2n) is 7.75. The van der Waals surface area contributed by atoms with E-state index in [1.54, 1.807) is 35.1 Å². The van der Waals surface area contributed by atoms with E-state index in [1.807, 2.05) is 25.7 Å². The average molecular weight is 464 g/mol. The number of benzene rings is 1. The fraction of sp³-hybridized carbons (Fsp3) is 0.474. The van der Waals surface area contributed by atoms with Crippen molar-refractivity contribution in [3.63, 3.8) is 0 Å². The minimum Gasteiger partial charge on any atom is -0.310 e. The van der Waals surface area contributed by atoms with Crippen molar-refractivity contribution in [2.24, 2.45) is 0 Å². The van der Waals surface area contributed by atoms with E-state index < -0.39 is 16.1 Å². The van der Waals surface area contributed by atoms with Crippen LogP contribution in [0.3, 0.4) is 0 Å². The zero-order valence-corrected chi connectivity index (χ0v) is 19.2. The summed E-state index contributed by atoms with van der Waals surface area (Å²) in [7, 11) is -3.69. The minimum atomic E-state index is -3.69. The molecule has 12 heteroatoms. The maximum Gasteiger partial charge on any atom is 0.245 e. The molecule has 3 aromatic rings. The first-order valence-corrected chi connectivity index (χ1v) is 12.3. The molecule has 2 aromatic heterocycles. The maximum absolute atomic E-state index is 13.2. The molecule has 1 atom stereocenters. The second-order valence-corrected chi connectivity index (χ2v) is 10.2. The summed E-state index contributed by atoms with van der Waals surface area (Å²) in [6.45, 7) is 7.35. The van der Waals surface area contributed by atoms with Crippen LogP contribution in [0.15, 0.2) is 35.4 Å². The van der Waals surface area contributed by atoms with Crippen molar-refractivity contribution in [2.45, 2.75) is 37.8 Å². The lowest BCUT2D eigenvalue weighted by molar-refractivity contribution is -0.121. The number of sulfonamides is 1. The van der Waals surface area contributed by atoms with Gasteiger partial charge in [-0.15, -0.1) is 0 Å². The first-order chi connectivity index (χ1) is 14.8.